The second-order valence-corrected chi connectivity index (χ2v) is 4.41. The number of benzene rings is 2. The smallest absolute Gasteiger partial charge is 0.336 e. The molecule has 0 saturated carbocycles. The predicted octanol–water partition coefficient (Wildman–Crippen LogP) is 4.15. The Bertz CT molecular complexity index is 623. The highest BCUT2D eigenvalue weighted by Crippen LogP contribution is 2.30. The van der Waals surface area contributed by atoms with E-state index in [1.807, 2.05) is 6.92 Å². The summed E-state index contributed by atoms with van der Waals surface area (Å²) < 4.78 is 13.8. The molecular formula is C14H10ClFO2. The first-order chi connectivity index (χ1) is 8.49. The van der Waals surface area contributed by atoms with Crippen LogP contribution in [-0.4, -0.2) is 11.1 Å². The lowest BCUT2D eigenvalue weighted by molar-refractivity contribution is 0.0698. The highest BCUT2D eigenvalue weighted by atomic mass is 35.5. The maximum absolute atomic E-state index is 13.8. The lowest BCUT2D eigenvalue weighted by atomic mass is 9.98. The van der Waals surface area contributed by atoms with Crippen molar-refractivity contribution >= 4 is 17.6 Å². The molecule has 0 spiro atoms. The summed E-state index contributed by atoms with van der Waals surface area (Å²) >= 11 is 5.85. The van der Waals surface area contributed by atoms with E-state index in [4.69, 9.17) is 16.7 Å². The molecule has 0 amide bonds. The number of carbonyl (C=O) groups is 1. The van der Waals surface area contributed by atoms with Gasteiger partial charge in [-0.05, 0) is 37.3 Å². The summed E-state index contributed by atoms with van der Waals surface area (Å²) in [6, 6.07) is 8.86. The van der Waals surface area contributed by atoms with Crippen molar-refractivity contribution in [3.63, 3.8) is 0 Å². The van der Waals surface area contributed by atoms with Crippen LogP contribution in [0.25, 0.3) is 11.1 Å². The van der Waals surface area contributed by atoms with E-state index in [2.05, 4.69) is 0 Å². The normalized spacial score (nSPS) is 10.4. The molecule has 2 aromatic rings. The maximum Gasteiger partial charge on any atom is 0.336 e. The highest BCUT2D eigenvalue weighted by molar-refractivity contribution is 6.31. The van der Waals surface area contributed by atoms with Gasteiger partial charge in [0.1, 0.15) is 5.82 Å². The minimum absolute atomic E-state index is 0.0314. The standard InChI is InChI=1S/C14H10ClFO2/c1-8-2-5-13(16)12(6-8)11-7-9(15)3-4-10(11)14(17)18/h2-7H,1H3,(H,17,18). The van der Waals surface area contributed by atoms with Crippen molar-refractivity contribution in [3.8, 4) is 11.1 Å². The molecule has 2 nitrogen and oxygen atoms in total. The highest BCUT2D eigenvalue weighted by Gasteiger charge is 2.15. The van der Waals surface area contributed by atoms with E-state index >= 15 is 0 Å². The topological polar surface area (TPSA) is 37.3 Å². The van der Waals surface area contributed by atoms with Crippen LogP contribution in [0.5, 0.6) is 0 Å². The zero-order chi connectivity index (χ0) is 13.3. The molecule has 0 bridgehead atoms. The van der Waals surface area contributed by atoms with E-state index in [1.54, 1.807) is 12.1 Å². The van der Waals surface area contributed by atoms with Crippen LogP contribution in [-0.2, 0) is 0 Å². The number of carboxylic acids is 1. The lowest BCUT2D eigenvalue weighted by Crippen LogP contribution is -2.00. The van der Waals surface area contributed by atoms with Crippen LogP contribution < -0.4 is 0 Å². The Kier molecular flexibility index (Phi) is 3.34. The van der Waals surface area contributed by atoms with Crippen LogP contribution in [0.4, 0.5) is 4.39 Å². The fourth-order valence-electron chi connectivity index (χ4n) is 1.77. The fraction of sp³-hybridized carbons (Fsp3) is 0.0714. The van der Waals surface area contributed by atoms with Crippen LogP contribution in [0.3, 0.4) is 0 Å². The molecule has 0 fully saturated rings. The van der Waals surface area contributed by atoms with Gasteiger partial charge in [0.2, 0.25) is 0 Å². The molecule has 0 heterocycles. The Hall–Kier alpha value is -1.87. The molecule has 0 aliphatic carbocycles. The van der Waals surface area contributed by atoms with E-state index in [9.17, 15) is 9.18 Å². The van der Waals surface area contributed by atoms with Gasteiger partial charge in [-0.1, -0.05) is 23.2 Å². The molecule has 0 aromatic heterocycles. The van der Waals surface area contributed by atoms with Crippen molar-refractivity contribution in [2.75, 3.05) is 0 Å². The van der Waals surface area contributed by atoms with Gasteiger partial charge < -0.3 is 5.11 Å². The van der Waals surface area contributed by atoms with Crippen LogP contribution in [0.15, 0.2) is 36.4 Å². The number of hydrogen-bond donors (Lipinski definition) is 1. The summed E-state index contributed by atoms with van der Waals surface area (Å²) in [6.07, 6.45) is 0. The zero-order valence-corrected chi connectivity index (χ0v) is 10.3. The third-order valence-corrected chi connectivity index (χ3v) is 2.86. The maximum atomic E-state index is 13.8. The summed E-state index contributed by atoms with van der Waals surface area (Å²) in [4.78, 5) is 11.1. The van der Waals surface area contributed by atoms with Gasteiger partial charge >= 0.3 is 5.97 Å². The fourth-order valence-corrected chi connectivity index (χ4v) is 1.94. The number of rotatable bonds is 2. The van der Waals surface area contributed by atoms with Crippen LogP contribution >= 0.6 is 11.6 Å². The van der Waals surface area contributed by atoms with E-state index in [-0.39, 0.29) is 16.7 Å². The Morgan fingerprint density at radius 3 is 2.56 bits per heavy atom. The van der Waals surface area contributed by atoms with Crippen LogP contribution in [0, 0.1) is 12.7 Å². The van der Waals surface area contributed by atoms with Gasteiger partial charge in [-0.15, -0.1) is 0 Å². The van der Waals surface area contributed by atoms with Crippen molar-refractivity contribution in [3.05, 3.63) is 58.4 Å². The number of halogens is 2. The largest absolute Gasteiger partial charge is 0.478 e. The SMILES string of the molecule is Cc1ccc(F)c(-c2cc(Cl)ccc2C(=O)O)c1. The third-order valence-electron chi connectivity index (χ3n) is 2.62. The van der Waals surface area contributed by atoms with Gasteiger partial charge in [-0.25, -0.2) is 9.18 Å². The molecule has 92 valence electrons. The average Bonchev–Trinajstić information content (AvgIpc) is 2.31. The summed E-state index contributed by atoms with van der Waals surface area (Å²) in [6.45, 7) is 1.81. The van der Waals surface area contributed by atoms with Crippen LogP contribution in [0.1, 0.15) is 15.9 Å². The lowest BCUT2D eigenvalue weighted by Gasteiger charge is -2.09. The Morgan fingerprint density at radius 1 is 1.17 bits per heavy atom. The molecule has 0 aliphatic rings. The molecule has 2 rings (SSSR count). The molecule has 4 heteroatoms. The number of aryl methyl sites for hydroxylation is 1. The monoisotopic (exact) mass is 264 g/mol. The van der Waals surface area contributed by atoms with Gasteiger partial charge in [0.15, 0.2) is 0 Å². The van der Waals surface area contributed by atoms with Crippen molar-refractivity contribution in [1.82, 2.24) is 0 Å². The Balaban J connectivity index is 2.73. The van der Waals surface area contributed by atoms with Gasteiger partial charge in [0.05, 0.1) is 5.56 Å². The van der Waals surface area contributed by atoms with E-state index in [1.165, 1.54) is 24.3 Å². The second kappa shape index (κ2) is 4.78. The molecule has 18 heavy (non-hydrogen) atoms. The summed E-state index contributed by atoms with van der Waals surface area (Å²) in [5.41, 5.74) is 1.41. The number of hydrogen-bond acceptors (Lipinski definition) is 1. The summed E-state index contributed by atoms with van der Waals surface area (Å²) in [7, 11) is 0. The van der Waals surface area contributed by atoms with Crippen molar-refractivity contribution in [1.29, 1.82) is 0 Å². The number of carboxylic acid groups (broad SMARTS) is 1. The van der Waals surface area contributed by atoms with Crippen molar-refractivity contribution in [2.24, 2.45) is 0 Å². The van der Waals surface area contributed by atoms with Gasteiger partial charge in [0.25, 0.3) is 0 Å². The third kappa shape index (κ3) is 2.36. The average molecular weight is 265 g/mol. The zero-order valence-electron chi connectivity index (χ0n) is 9.58. The second-order valence-electron chi connectivity index (χ2n) is 3.98. The van der Waals surface area contributed by atoms with Gasteiger partial charge in [-0.2, -0.15) is 0 Å². The van der Waals surface area contributed by atoms with Gasteiger partial charge in [0, 0.05) is 16.1 Å². The van der Waals surface area contributed by atoms with Crippen LogP contribution in [0.2, 0.25) is 5.02 Å². The molecule has 0 aliphatic heterocycles. The quantitative estimate of drug-likeness (QED) is 0.885. The molecular weight excluding hydrogens is 255 g/mol. The van der Waals surface area contributed by atoms with Gasteiger partial charge in [-0.3, -0.25) is 0 Å². The van der Waals surface area contributed by atoms with E-state index in [0.29, 0.717) is 5.02 Å². The van der Waals surface area contributed by atoms with E-state index in [0.717, 1.165) is 5.56 Å². The first-order valence-electron chi connectivity index (χ1n) is 5.28. The summed E-state index contributed by atoms with van der Waals surface area (Å²) in [5, 5.41) is 9.48. The molecule has 0 unspecified atom stereocenters. The predicted molar refractivity (Wildman–Crippen MR) is 68.5 cm³/mol. The molecule has 1 N–H and O–H groups in total. The molecule has 0 atom stereocenters. The first-order valence-corrected chi connectivity index (χ1v) is 5.66. The minimum atomic E-state index is -1.11. The summed E-state index contributed by atoms with van der Waals surface area (Å²) in [5.74, 6) is -1.58. The first kappa shape index (κ1) is 12.6. The molecule has 0 radical (unpaired) electrons. The minimum Gasteiger partial charge on any atom is -0.478 e. The number of aromatic carboxylic acids is 1. The Morgan fingerprint density at radius 2 is 1.89 bits per heavy atom. The van der Waals surface area contributed by atoms with E-state index < -0.39 is 11.8 Å². The molecule has 2 aromatic carbocycles. The Labute approximate surface area is 109 Å². The molecule has 0 saturated heterocycles. The van der Waals surface area contributed by atoms with Crippen molar-refractivity contribution < 1.29 is 14.3 Å². The van der Waals surface area contributed by atoms with Crippen molar-refractivity contribution in [2.45, 2.75) is 6.92 Å².